The van der Waals surface area contributed by atoms with Gasteiger partial charge in [0.05, 0.1) is 29.0 Å². The van der Waals surface area contributed by atoms with Crippen LogP contribution < -0.4 is 4.72 Å². The van der Waals surface area contributed by atoms with Gasteiger partial charge in [0, 0.05) is 10.9 Å². The van der Waals surface area contributed by atoms with Gasteiger partial charge >= 0.3 is 5.97 Å². The molecule has 0 bridgehead atoms. The number of aromatic nitrogens is 1. The Morgan fingerprint density at radius 3 is 2.52 bits per heavy atom. The van der Waals surface area contributed by atoms with Crippen LogP contribution in [0.2, 0.25) is 0 Å². The highest BCUT2D eigenvalue weighted by atomic mass is 32.2. The molecule has 1 N–H and O–H groups in total. The molecule has 0 saturated heterocycles. The van der Waals surface area contributed by atoms with Gasteiger partial charge < -0.3 is 9.15 Å². The maximum Gasteiger partial charge on any atom is 0.338 e. The van der Waals surface area contributed by atoms with Gasteiger partial charge in [-0.3, -0.25) is 0 Å². The molecule has 0 fully saturated rings. The lowest BCUT2D eigenvalue weighted by Crippen LogP contribution is -2.23. The predicted octanol–water partition coefficient (Wildman–Crippen LogP) is 4.24. The molecule has 158 valence electrons. The van der Waals surface area contributed by atoms with Gasteiger partial charge in [-0.2, -0.15) is 0 Å². The minimum absolute atomic E-state index is 0.0346. The van der Waals surface area contributed by atoms with E-state index in [0.717, 1.165) is 10.6 Å². The number of carbonyl (C=O) groups is 1. The zero-order valence-corrected chi connectivity index (χ0v) is 17.9. The summed E-state index contributed by atoms with van der Waals surface area (Å²) in [7, 11) is -3.73. The number of thiazole rings is 1. The summed E-state index contributed by atoms with van der Waals surface area (Å²) in [5.74, 6) is -0.0528. The monoisotopic (exact) mass is 454 g/mol. The van der Waals surface area contributed by atoms with Crippen molar-refractivity contribution in [2.45, 2.75) is 18.0 Å². The minimum Gasteiger partial charge on any atom is -0.468 e. The highest BCUT2D eigenvalue weighted by molar-refractivity contribution is 7.89. The molecule has 0 aliphatic carbocycles. The standard InChI is InChI=1S/C22H18N2O5S2/c25-22(29-14-18-15-30-21(24-18)16-5-2-1-3-6-16)17-8-10-20(11-9-17)31(26,27)23-13-19-7-4-12-28-19/h1-12,15,23H,13-14H2. The summed E-state index contributed by atoms with van der Waals surface area (Å²) in [6, 6.07) is 18.6. The fraction of sp³-hybridized carbons (Fsp3) is 0.0909. The minimum atomic E-state index is -3.73. The van der Waals surface area contributed by atoms with Crippen LogP contribution in [-0.2, 0) is 27.9 Å². The molecule has 2 aromatic heterocycles. The van der Waals surface area contributed by atoms with Crippen molar-refractivity contribution in [3.8, 4) is 10.6 Å². The molecule has 0 spiro atoms. The second-order valence-corrected chi connectivity index (χ2v) is 9.14. The fourth-order valence-corrected chi connectivity index (χ4v) is 4.55. The third-order valence-corrected chi connectivity index (χ3v) is 6.70. The third kappa shape index (κ3) is 5.26. The molecule has 2 heterocycles. The van der Waals surface area contributed by atoms with Gasteiger partial charge in [-0.25, -0.2) is 22.9 Å². The quantitative estimate of drug-likeness (QED) is 0.400. The van der Waals surface area contributed by atoms with E-state index < -0.39 is 16.0 Å². The van der Waals surface area contributed by atoms with E-state index in [9.17, 15) is 13.2 Å². The molecule has 31 heavy (non-hydrogen) atoms. The Bertz CT molecular complexity index is 1250. The molecule has 0 radical (unpaired) electrons. The van der Waals surface area contributed by atoms with E-state index in [4.69, 9.17) is 9.15 Å². The lowest BCUT2D eigenvalue weighted by Gasteiger charge is -2.07. The maximum absolute atomic E-state index is 12.4. The molecule has 0 aliphatic heterocycles. The number of furan rings is 1. The van der Waals surface area contributed by atoms with Crippen LogP contribution in [0.15, 0.2) is 87.7 Å². The van der Waals surface area contributed by atoms with Crippen molar-refractivity contribution in [2.24, 2.45) is 0 Å². The molecule has 2 aromatic carbocycles. The van der Waals surface area contributed by atoms with Crippen LogP contribution in [0.25, 0.3) is 10.6 Å². The Hall–Kier alpha value is -3.27. The van der Waals surface area contributed by atoms with E-state index in [2.05, 4.69) is 9.71 Å². The van der Waals surface area contributed by atoms with Crippen molar-refractivity contribution in [1.29, 1.82) is 0 Å². The second kappa shape index (κ2) is 9.25. The van der Waals surface area contributed by atoms with E-state index in [1.807, 2.05) is 35.7 Å². The van der Waals surface area contributed by atoms with Crippen LogP contribution in [0, 0.1) is 0 Å². The molecular formula is C22H18N2O5S2. The lowest BCUT2D eigenvalue weighted by atomic mass is 10.2. The molecule has 9 heteroatoms. The molecule has 0 amide bonds. The summed E-state index contributed by atoms with van der Waals surface area (Å²) < 4.78 is 37.6. The summed E-state index contributed by atoms with van der Waals surface area (Å²) >= 11 is 1.48. The number of hydrogen-bond donors (Lipinski definition) is 1. The van der Waals surface area contributed by atoms with Crippen molar-refractivity contribution < 1.29 is 22.4 Å². The number of benzene rings is 2. The van der Waals surface area contributed by atoms with Crippen LogP contribution in [0.5, 0.6) is 0 Å². The highest BCUT2D eigenvalue weighted by Gasteiger charge is 2.16. The van der Waals surface area contributed by atoms with Crippen LogP contribution in [-0.4, -0.2) is 19.4 Å². The number of ether oxygens (including phenoxy) is 1. The Morgan fingerprint density at radius 1 is 1.03 bits per heavy atom. The average Bonchev–Trinajstić information content (AvgIpc) is 3.49. The van der Waals surface area contributed by atoms with Crippen LogP contribution in [0.4, 0.5) is 0 Å². The third-order valence-electron chi connectivity index (χ3n) is 4.34. The number of sulfonamides is 1. The zero-order chi connectivity index (χ0) is 21.7. The first kappa shape index (κ1) is 21.0. The topological polar surface area (TPSA) is 98.5 Å². The molecule has 0 aliphatic rings. The first-order valence-corrected chi connectivity index (χ1v) is 11.7. The number of esters is 1. The Morgan fingerprint density at radius 2 is 1.81 bits per heavy atom. The first-order valence-electron chi connectivity index (χ1n) is 9.30. The van der Waals surface area contributed by atoms with Crippen molar-refractivity contribution in [3.05, 3.63) is 95.4 Å². The summed E-state index contributed by atoms with van der Waals surface area (Å²) in [6.07, 6.45) is 1.47. The van der Waals surface area contributed by atoms with Crippen LogP contribution in [0.1, 0.15) is 21.8 Å². The van der Waals surface area contributed by atoms with E-state index in [1.54, 1.807) is 12.1 Å². The number of hydrogen-bond acceptors (Lipinski definition) is 7. The zero-order valence-electron chi connectivity index (χ0n) is 16.2. The van der Waals surface area contributed by atoms with Gasteiger partial charge in [0.1, 0.15) is 17.4 Å². The lowest BCUT2D eigenvalue weighted by molar-refractivity contribution is 0.0468. The fourth-order valence-electron chi connectivity index (χ4n) is 2.74. The number of rotatable bonds is 8. The Balaban J connectivity index is 1.34. The van der Waals surface area contributed by atoms with E-state index >= 15 is 0 Å². The summed E-state index contributed by atoms with van der Waals surface area (Å²) in [5.41, 5.74) is 1.91. The largest absolute Gasteiger partial charge is 0.468 e. The normalized spacial score (nSPS) is 11.4. The molecule has 0 unspecified atom stereocenters. The van der Waals surface area contributed by atoms with Crippen LogP contribution >= 0.6 is 11.3 Å². The molecule has 0 saturated carbocycles. The Labute approximate surface area is 183 Å². The average molecular weight is 455 g/mol. The SMILES string of the molecule is O=C(OCc1csc(-c2ccccc2)n1)c1ccc(S(=O)(=O)NCc2ccco2)cc1. The summed E-state index contributed by atoms with van der Waals surface area (Å²) in [6.45, 7) is 0.0741. The highest BCUT2D eigenvalue weighted by Crippen LogP contribution is 2.23. The van der Waals surface area contributed by atoms with Gasteiger partial charge in [0.15, 0.2) is 0 Å². The van der Waals surface area contributed by atoms with E-state index in [1.165, 1.54) is 41.9 Å². The van der Waals surface area contributed by atoms with Gasteiger partial charge in [-0.15, -0.1) is 11.3 Å². The summed E-state index contributed by atoms with van der Waals surface area (Å²) in [4.78, 5) is 16.8. The molecule has 4 aromatic rings. The van der Waals surface area contributed by atoms with Crippen molar-refractivity contribution in [1.82, 2.24) is 9.71 Å². The van der Waals surface area contributed by atoms with Gasteiger partial charge in [-0.05, 0) is 36.4 Å². The first-order chi connectivity index (χ1) is 15.0. The van der Waals surface area contributed by atoms with Gasteiger partial charge in [-0.1, -0.05) is 30.3 Å². The smallest absolute Gasteiger partial charge is 0.338 e. The molecule has 0 atom stereocenters. The second-order valence-electron chi connectivity index (χ2n) is 6.51. The van der Waals surface area contributed by atoms with Gasteiger partial charge in [0.2, 0.25) is 10.0 Å². The van der Waals surface area contributed by atoms with Crippen molar-refractivity contribution in [3.63, 3.8) is 0 Å². The maximum atomic E-state index is 12.4. The van der Waals surface area contributed by atoms with Crippen molar-refractivity contribution in [2.75, 3.05) is 0 Å². The van der Waals surface area contributed by atoms with Gasteiger partial charge in [0.25, 0.3) is 0 Å². The number of nitrogens with zero attached hydrogens (tertiary/aromatic N) is 1. The summed E-state index contributed by atoms with van der Waals surface area (Å²) in [5, 5.41) is 2.69. The van der Waals surface area contributed by atoms with Crippen molar-refractivity contribution >= 4 is 27.3 Å². The molecular weight excluding hydrogens is 436 g/mol. The van der Waals surface area contributed by atoms with Crippen LogP contribution in [0.3, 0.4) is 0 Å². The molecule has 7 nitrogen and oxygen atoms in total. The van der Waals surface area contributed by atoms with E-state index in [-0.39, 0.29) is 23.6 Å². The number of carbonyl (C=O) groups excluding carboxylic acids is 1. The number of nitrogens with one attached hydrogen (secondary N) is 1. The molecule has 4 rings (SSSR count). The predicted molar refractivity (Wildman–Crippen MR) is 116 cm³/mol. The Kier molecular flexibility index (Phi) is 6.26. The van der Waals surface area contributed by atoms with E-state index in [0.29, 0.717) is 11.5 Å².